The quantitative estimate of drug-likeness (QED) is 0.725. The van der Waals surface area contributed by atoms with Crippen molar-refractivity contribution in [1.29, 1.82) is 0 Å². The summed E-state index contributed by atoms with van der Waals surface area (Å²) in [4.78, 5) is 14.4. The van der Waals surface area contributed by atoms with Gasteiger partial charge in [0.2, 0.25) is 15.9 Å². The number of sulfonamides is 1. The van der Waals surface area contributed by atoms with Crippen molar-refractivity contribution in [3.63, 3.8) is 0 Å². The van der Waals surface area contributed by atoms with E-state index in [0.717, 1.165) is 11.3 Å². The van der Waals surface area contributed by atoms with Gasteiger partial charge in [-0.1, -0.05) is 23.4 Å². The van der Waals surface area contributed by atoms with Crippen LogP contribution >= 0.6 is 0 Å². The fourth-order valence-electron chi connectivity index (χ4n) is 3.46. The first-order valence-electron chi connectivity index (χ1n) is 9.17. The van der Waals surface area contributed by atoms with Crippen LogP contribution in [0.3, 0.4) is 0 Å². The number of rotatable bonds is 6. The van der Waals surface area contributed by atoms with E-state index in [1.807, 2.05) is 24.3 Å². The monoisotopic (exact) mass is 407 g/mol. The number of hydrogen-bond acceptors (Lipinski definition) is 6. The van der Waals surface area contributed by atoms with Gasteiger partial charge >= 0.3 is 0 Å². The highest BCUT2D eigenvalue weighted by atomic mass is 32.2. The number of aryl methyl sites for hydroxylation is 3. The first-order chi connectivity index (χ1) is 13.3. The molecular formula is C19H25N3O5S. The van der Waals surface area contributed by atoms with Crippen molar-refractivity contribution in [1.82, 2.24) is 14.4 Å². The molecule has 3 rings (SSSR count). The molecule has 0 aliphatic carbocycles. The van der Waals surface area contributed by atoms with Crippen molar-refractivity contribution in [2.45, 2.75) is 31.6 Å². The number of benzene rings is 1. The summed E-state index contributed by atoms with van der Waals surface area (Å²) in [5.41, 5.74) is 1.34. The number of para-hydroxylation sites is 1. The number of carbonyl (C=O) groups is 1. The molecule has 0 saturated carbocycles. The van der Waals surface area contributed by atoms with Gasteiger partial charge in [0.05, 0.1) is 7.11 Å². The molecule has 1 aliphatic heterocycles. The van der Waals surface area contributed by atoms with Gasteiger partial charge in [0.25, 0.3) is 0 Å². The van der Waals surface area contributed by atoms with Crippen LogP contribution in [0.4, 0.5) is 0 Å². The predicted molar refractivity (Wildman–Crippen MR) is 103 cm³/mol. The Morgan fingerprint density at radius 2 is 1.86 bits per heavy atom. The zero-order valence-electron chi connectivity index (χ0n) is 16.3. The van der Waals surface area contributed by atoms with Crippen LogP contribution in [-0.2, 0) is 21.2 Å². The van der Waals surface area contributed by atoms with Gasteiger partial charge in [-0.25, -0.2) is 8.42 Å². The number of ether oxygens (including phenoxy) is 1. The highest BCUT2D eigenvalue weighted by molar-refractivity contribution is 7.89. The lowest BCUT2D eigenvalue weighted by atomic mass is 10.1. The van der Waals surface area contributed by atoms with Crippen LogP contribution in [-0.4, -0.2) is 62.0 Å². The van der Waals surface area contributed by atoms with E-state index in [-0.39, 0.29) is 29.7 Å². The molecule has 0 radical (unpaired) electrons. The van der Waals surface area contributed by atoms with Crippen molar-refractivity contribution < 1.29 is 22.5 Å². The number of carbonyl (C=O) groups excluding carboxylic acids is 1. The maximum absolute atomic E-state index is 12.9. The number of piperazine rings is 1. The zero-order chi connectivity index (χ0) is 20.3. The molecule has 2 heterocycles. The summed E-state index contributed by atoms with van der Waals surface area (Å²) in [6.45, 7) is 4.45. The molecule has 0 N–H and O–H groups in total. The average Bonchev–Trinajstić information content (AvgIpc) is 3.05. The van der Waals surface area contributed by atoms with Gasteiger partial charge in [0.15, 0.2) is 5.76 Å². The SMILES string of the molecule is COc1ccccc1CCC(=O)N1CCN(S(=O)(=O)c2c(C)noc2C)CC1. The Morgan fingerprint density at radius 1 is 1.18 bits per heavy atom. The van der Waals surface area contributed by atoms with Gasteiger partial charge in [-0.15, -0.1) is 0 Å². The average molecular weight is 407 g/mol. The lowest BCUT2D eigenvalue weighted by Crippen LogP contribution is -2.50. The summed E-state index contributed by atoms with van der Waals surface area (Å²) < 4.78 is 37.4. The zero-order valence-corrected chi connectivity index (χ0v) is 17.2. The molecule has 1 aliphatic rings. The number of hydrogen-bond donors (Lipinski definition) is 0. The fraction of sp³-hybridized carbons (Fsp3) is 0.474. The van der Waals surface area contributed by atoms with Gasteiger partial charge in [0.1, 0.15) is 16.3 Å². The van der Waals surface area contributed by atoms with Crippen LogP contribution in [0.1, 0.15) is 23.4 Å². The van der Waals surface area contributed by atoms with Crippen LogP contribution in [0.25, 0.3) is 0 Å². The molecule has 0 unspecified atom stereocenters. The molecule has 0 atom stereocenters. The van der Waals surface area contributed by atoms with Gasteiger partial charge < -0.3 is 14.2 Å². The van der Waals surface area contributed by atoms with E-state index >= 15 is 0 Å². The molecule has 152 valence electrons. The summed E-state index contributed by atoms with van der Waals surface area (Å²) in [7, 11) is -2.06. The number of amides is 1. The second-order valence-corrected chi connectivity index (χ2v) is 8.62. The maximum atomic E-state index is 12.9. The van der Waals surface area contributed by atoms with E-state index in [4.69, 9.17) is 9.26 Å². The third kappa shape index (κ3) is 4.05. The highest BCUT2D eigenvalue weighted by Gasteiger charge is 2.34. The standard InChI is InChI=1S/C19H25N3O5S/c1-14-19(15(2)27-20-14)28(24,25)22-12-10-21(11-13-22)18(23)9-8-16-6-4-5-7-17(16)26-3/h4-7H,8-13H2,1-3H3. The summed E-state index contributed by atoms with van der Waals surface area (Å²) in [5.74, 6) is 1.07. The molecular weight excluding hydrogens is 382 g/mol. The van der Waals surface area contributed by atoms with Crippen LogP contribution in [0, 0.1) is 13.8 Å². The molecule has 0 spiro atoms. The Bertz CT molecular complexity index is 927. The third-order valence-corrected chi connectivity index (χ3v) is 7.10. The highest BCUT2D eigenvalue weighted by Crippen LogP contribution is 2.24. The lowest BCUT2D eigenvalue weighted by molar-refractivity contribution is -0.132. The van der Waals surface area contributed by atoms with Crippen molar-refractivity contribution in [3.05, 3.63) is 41.3 Å². The topological polar surface area (TPSA) is 93.0 Å². The molecule has 0 bridgehead atoms. The minimum absolute atomic E-state index is 0.0142. The molecule has 1 amide bonds. The lowest BCUT2D eigenvalue weighted by Gasteiger charge is -2.34. The van der Waals surface area contributed by atoms with E-state index in [1.54, 1.807) is 25.9 Å². The largest absolute Gasteiger partial charge is 0.496 e. The molecule has 28 heavy (non-hydrogen) atoms. The second-order valence-electron chi connectivity index (χ2n) is 6.75. The minimum Gasteiger partial charge on any atom is -0.496 e. The Kier molecular flexibility index (Phi) is 6.04. The van der Waals surface area contributed by atoms with Crippen molar-refractivity contribution in [3.8, 4) is 5.75 Å². The molecule has 1 aromatic carbocycles. The Hall–Kier alpha value is -2.39. The first-order valence-corrected chi connectivity index (χ1v) is 10.6. The summed E-state index contributed by atoms with van der Waals surface area (Å²) >= 11 is 0. The third-order valence-electron chi connectivity index (χ3n) is 4.96. The molecule has 1 saturated heterocycles. The molecule has 8 nitrogen and oxygen atoms in total. The van der Waals surface area contributed by atoms with Crippen LogP contribution in [0.5, 0.6) is 5.75 Å². The van der Waals surface area contributed by atoms with Gasteiger partial charge in [-0.3, -0.25) is 4.79 Å². The Labute approximate surface area is 165 Å². The predicted octanol–water partition coefficient (Wildman–Crippen LogP) is 1.77. The van der Waals surface area contributed by atoms with Crippen LogP contribution in [0.15, 0.2) is 33.7 Å². The number of aromatic nitrogens is 1. The molecule has 9 heteroatoms. The number of nitrogens with zero attached hydrogens (tertiary/aromatic N) is 3. The number of methoxy groups -OCH3 is 1. The normalized spacial score (nSPS) is 15.6. The van der Waals surface area contributed by atoms with E-state index in [9.17, 15) is 13.2 Å². The Balaban J connectivity index is 1.58. The van der Waals surface area contributed by atoms with Crippen molar-refractivity contribution in [2.24, 2.45) is 0 Å². The first kappa shape index (κ1) is 20.3. The summed E-state index contributed by atoms with van der Waals surface area (Å²) in [5, 5.41) is 3.73. The van der Waals surface area contributed by atoms with Crippen LogP contribution < -0.4 is 4.74 Å². The maximum Gasteiger partial charge on any atom is 0.248 e. The van der Waals surface area contributed by atoms with E-state index in [2.05, 4.69) is 5.16 Å². The minimum atomic E-state index is -3.67. The molecule has 1 fully saturated rings. The van der Waals surface area contributed by atoms with Gasteiger partial charge in [-0.05, 0) is 31.9 Å². The van der Waals surface area contributed by atoms with E-state index in [0.29, 0.717) is 31.6 Å². The van der Waals surface area contributed by atoms with Crippen molar-refractivity contribution >= 4 is 15.9 Å². The van der Waals surface area contributed by atoms with Crippen LogP contribution in [0.2, 0.25) is 0 Å². The van der Waals surface area contributed by atoms with E-state index in [1.165, 1.54) is 4.31 Å². The van der Waals surface area contributed by atoms with Crippen molar-refractivity contribution in [2.75, 3.05) is 33.3 Å². The second kappa shape index (κ2) is 8.32. The summed E-state index contributed by atoms with van der Waals surface area (Å²) in [6.07, 6.45) is 0.942. The van der Waals surface area contributed by atoms with Gasteiger partial charge in [0, 0.05) is 32.6 Å². The smallest absolute Gasteiger partial charge is 0.248 e. The molecule has 2 aromatic rings. The summed E-state index contributed by atoms with van der Waals surface area (Å²) in [6, 6.07) is 7.63. The molecule has 1 aromatic heterocycles. The Morgan fingerprint density at radius 3 is 2.46 bits per heavy atom. The fourth-order valence-corrected chi connectivity index (χ4v) is 5.17. The van der Waals surface area contributed by atoms with E-state index < -0.39 is 10.0 Å². The van der Waals surface area contributed by atoms with Gasteiger partial charge in [-0.2, -0.15) is 4.31 Å².